The van der Waals surface area contributed by atoms with Crippen LogP contribution in [0.3, 0.4) is 0 Å². The number of fused-ring (bicyclic) bond motifs is 1. The van der Waals surface area contributed by atoms with Crippen LogP contribution in [0.1, 0.15) is 11.3 Å². The molecule has 0 saturated heterocycles. The third kappa shape index (κ3) is 1.31. The van der Waals surface area contributed by atoms with E-state index in [0.29, 0.717) is 0 Å². The summed E-state index contributed by atoms with van der Waals surface area (Å²) in [6.07, 6.45) is 0. The van der Waals surface area contributed by atoms with Crippen LogP contribution in [0, 0.1) is 0 Å². The zero-order valence-electron chi connectivity index (χ0n) is 7.72. The maximum absolute atomic E-state index is 11.1. The average Bonchev–Trinajstić information content (AvgIpc) is 2.49. The van der Waals surface area contributed by atoms with Gasteiger partial charge in [-0.05, 0) is 0 Å². The van der Waals surface area contributed by atoms with Crippen molar-refractivity contribution in [3.05, 3.63) is 21.7 Å². The molecule has 0 unspecified atom stereocenters. The molecule has 13 heavy (non-hydrogen) atoms. The Kier molecular flexibility index (Phi) is 1.81. The molecule has 1 aliphatic heterocycles. The van der Waals surface area contributed by atoms with Crippen molar-refractivity contribution in [3.8, 4) is 0 Å². The first-order valence-corrected chi connectivity index (χ1v) is 4.18. The number of aromatic amines is 1. The van der Waals surface area contributed by atoms with Crippen LogP contribution in [0.4, 0.5) is 5.82 Å². The molecule has 0 saturated carbocycles. The molecule has 1 aromatic rings. The molecule has 0 atom stereocenters. The van der Waals surface area contributed by atoms with Crippen molar-refractivity contribution in [3.63, 3.8) is 0 Å². The largest absolute Gasteiger partial charge is 0.362 e. The van der Waals surface area contributed by atoms with Crippen molar-refractivity contribution >= 4 is 5.82 Å². The Hall–Kier alpha value is -1.36. The summed E-state index contributed by atoms with van der Waals surface area (Å²) in [6, 6.07) is 0. The van der Waals surface area contributed by atoms with E-state index in [1.165, 1.54) is 0 Å². The first-order valence-electron chi connectivity index (χ1n) is 4.18. The Morgan fingerprint density at radius 2 is 2.15 bits per heavy atom. The highest BCUT2D eigenvalue weighted by Gasteiger charge is 2.17. The Labute approximate surface area is 75.8 Å². The highest BCUT2D eigenvalue weighted by molar-refractivity contribution is 5.48. The van der Waals surface area contributed by atoms with E-state index in [0.717, 1.165) is 30.2 Å². The third-order valence-corrected chi connectivity index (χ3v) is 2.13. The van der Waals surface area contributed by atoms with Crippen LogP contribution in [0.5, 0.6) is 0 Å². The molecule has 0 spiro atoms. The van der Waals surface area contributed by atoms with Crippen LogP contribution in [0.15, 0.2) is 4.79 Å². The molecule has 0 bridgehead atoms. The van der Waals surface area contributed by atoms with Gasteiger partial charge in [-0.1, -0.05) is 0 Å². The SMILES string of the molecule is CN(C)c1nc(=O)[nH]c2c1CNC2. The van der Waals surface area contributed by atoms with Crippen LogP contribution >= 0.6 is 0 Å². The number of H-pyrrole nitrogens is 1. The summed E-state index contributed by atoms with van der Waals surface area (Å²) in [5.74, 6) is 0.767. The monoisotopic (exact) mass is 180 g/mol. The normalized spacial score (nSPS) is 14.3. The molecule has 1 aromatic heterocycles. The van der Waals surface area contributed by atoms with E-state index in [1.54, 1.807) is 0 Å². The smallest absolute Gasteiger partial charge is 0.347 e. The molecule has 2 rings (SSSR count). The van der Waals surface area contributed by atoms with Crippen molar-refractivity contribution < 1.29 is 0 Å². The molecule has 2 N–H and O–H groups in total. The molecule has 0 aromatic carbocycles. The lowest BCUT2D eigenvalue weighted by Gasteiger charge is -2.13. The van der Waals surface area contributed by atoms with Crippen LogP contribution in [0.25, 0.3) is 0 Å². The maximum atomic E-state index is 11.1. The number of hydrogen-bond donors (Lipinski definition) is 2. The van der Waals surface area contributed by atoms with E-state index < -0.39 is 0 Å². The molecule has 0 radical (unpaired) electrons. The number of hydrogen-bond acceptors (Lipinski definition) is 4. The van der Waals surface area contributed by atoms with Gasteiger partial charge in [-0.25, -0.2) is 4.79 Å². The summed E-state index contributed by atoms with van der Waals surface area (Å²) < 4.78 is 0. The summed E-state index contributed by atoms with van der Waals surface area (Å²) in [5.41, 5.74) is 1.79. The van der Waals surface area contributed by atoms with Crippen molar-refractivity contribution in [2.75, 3.05) is 19.0 Å². The Morgan fingerprint density at radius 3 is 2.85 bits per heavy atom. The molecule has 0 amide bonds. The van der Waals surface area contributed by atoms with Gasteiger partial charge in [0.25, 0.3) is 0 Å². The van der Waals surface area contributed by atoms with Crippen LogP contribution < -0.4 is 15.9 Å². The van der Waals surface area contributed by atoms with Gasteiger partial charge >= 0.3 is 5.69 Å². The Balaban J connectivity index is 2.62. The molecule has 70 valence electrons. The van der Waals surface area contributed by atoms with Crippen LogP contribution in [-0.4, -0.2) is 24.1 Å². The summed E-state index contributed by atoms with van der Waals surface area (Å²) >= 11 is 0. The minimum Gasteiger partial charge on any atom is -0.362 e. The van der Waals surface area contributed by atoms with E-state index in [-0.39, 0.29) is 5.69 Å². The molecular formula is C8H12N4O. The van der Waals surface area contributed by atoms with Gasteiger partial charge in [0.1, 0.15) is 5.82 Å². The van der Waals surface area contributed by atoms with Crippen molar-refractivity contribution in [1.29, 1.82) is 0 Å². The zero-order valence-corrected chi connectivity index (χ0v) is 7.72. The van der Waals surface area contributed by atoms with E-state index in [9.17, 15) is 4.79 Å². The molecule has 5 heteroatoms. The van der Waals surface area contributed by atoms with Crippen LogP contribution in [-0.2, 0) is 13.1 Å². The van der Waals surface area contributed by atoms with Gasteiger partial charge in [0, 0.05) is 38.4 Å². The van der Waals surface area contributed by atoms with E-state index in [4.69, 9.17) is 0 Å². The second-order valence-electron chi connectivity index (χ2n) is 3.32. The summed E-state index contributed by atoms with van der Waals surface area (Å²) in [6.45, 7) is 1.51. The third-order valence-electron chi connectivity index (χ3n) is 2.13. The predicted octanol–water partition coefficient (Wildman–Crippen LogP) is -0.561. The lowest BCUT2D eigenvalue weighted by molar-refractivity contribution is 0.756. The zero-order chi connectivity index (χ0) is 9.42. The van der Waals surface area contributed by atoms with Gasteiger partial charge in [0.2, 0.25) is 0 Å². The topological polar surface area (TPSA) is 61.0 Å². The van der Waals surface area contributed by atoms with Crippen LogP contribution in [0.2, 0.25) is 0 Å². The number of anilines is 1. The first kappa shape index (κ1) is 8.25. The molecular weight excluding hydrogens is 168 g/mol. The van der Waals surface area contributed by atoms with Crippen molar-refractivity contribution in [1.82, 2.24) is 15.3 Å². The summed E-state index contributed by atoms with van der Waals surface area (Å²) in [4.78, 5) is 19.6. The van der Waals surface area contributed by atoms with Gasteiger partial charge < -0.3 is 15.2 Å². The molecule has 0 aliphatic carbocycles. The number of aromatic nitrogens is 2. The predicted molar refractivity (Wildman–Crippen MR) is 49.7 cm³/mol. The highest BCUT2D eigenvalue weighted by Crippen LogP contribution is 2.19. The fraction of sp³-hybridized carbons (Fsp3) is 0.500. The summed E-state index contributed by atoms with van der Waals surface area (Å²) in [7, 11) is 3.78. The quantitative estimate of drug-likeness (QED) is 0.608. The number of nitrogens with one attached hydrogen (secondary N) is 2. The lowest BCUT2D eigenvalue weighted by Crippen LogP contribution is -2.21. The second-order valence-corrected chi connectivity index (χ2v) is 3.32. The number of nitrogens with zero attached hydrogens (tertiary/aromatic N) is 2. The standard InChI is InChI=1S/C8H12N4O/c1-12(2)7-5-3-9-4-6(5)10-8(13)11-7/h9H,3-4H2,1-2H3,(H,10,11,13). The van der Waals surface area contributed by atoms with Gasteiger partial charge in [-0.3, -0.25) is 0 Å². The van der Waals surface area contributed by atoms with Gasteiger partial charge in [0.05, 0.1) is 0 Å². The summed E-state index contributed by atoms with van der Waals surface area (Å²) in [5, 5.41) is 3.17. The highest BCUT2D eigenvalue weighted by atomic mass is 16.1. The second kappa shape index (κ2) is 2.85. The van der Waals surface area contributed by atoms with E-state index >= 15 is 0 Å². The molecule has 2 heterocycles. The van der Waals surface area contributed by atoms with Crippen molar-refractivity contribution in [2.45, 2.75) is 13.1 Å². The van der Waals surface area contributed by atoms with Gasteiger partial charge in [-0.2, -0.15) is 4.98 Å². The minimum absolute atomic E-state index is 0.272. The lowest BCUT2D eigenvalue weighted by atomic mass is 10.2. The fourth-order valence-corrected chi connectivity index (χ4v) is 1.55. The van der Waals surface area contributed by atoms with Crippen molar-refractivity contribution in [2.24, 2.45) is 0 Å². The molecule has 0 fully saturated rings. The average molecular weight is 180 g/mol. The number of rotatable bonds is 1. The van der Waals surface area contributed by atoms with E-state index in [2.05, 4.69) is 15.3 Å². The maximum Gasteiger partial charge on any atom is 0.347 e. The van der Waals surface area contributed by atoms with E-state index in [1.807, 2.05) is 19.0 Å². The van der Waals surface area contributed by atoms with Gasteiger partial charge in [0.15, 0.2) is 0 Å². The Morgan fingerprint density at radius 1 is 1.38 bits per heavy atom. The fourth-order valence-electron chi connectivity index (χ4n) is 1.55. The minimum atomic E-state index is -0.272. The Bertz CT molecular complexity index is 382. The molecule has 1 aliphatic rings. The van der Waals surface area contributed by atoms with Gasteiger partial charge in [-0.15, -0.1) is 0 Å². The molecule has 5 nitrogen and oxygen atoms in total. The first-order chi connectivity index (χ1) is 6.18.